The Bertz CT molecular complexity index is 806. The molecule has 1 heterocycles. The number of aryl methyl sites for hydroxylation is 1. The summed E-state index contributed by atoms with van der Waals surface area (Å²) in [5.41, 5.74) is 1.61. The number of hydrogen-bond acceptors (Lipinski definition) is 3. The van der Waals surface area contributed by atoms with Crippen molar-refractivity contribution in [1.29, 1.82) is 0 Å². The number of amides is 2. The molecule has 4 aliphatic carbocycles. The molecule has 1 aliphatic heterocycles. The highest BCUT2D eigenvalue weighted by Gasteiger charge is 2.55. The molecule has 0 aromatic heterocycles. The van der Waals surface area contributed by atoms with Gasteiger partial charge in [-0.1, -0.05) is 0 Å². The predicted molar refractivity (Wildman–Crippen MR) is 115 cm³/mol. The third kappa shape index (κ3) is 3.40. The highest BCUT2D eigenvalue weighted by molar-refractivity contribution is 5.95. The maximum Gasteiger partial charge on any atom is 0.253 e. The third-order valence-corrected chi connectivity index (χ3v) is 8.07. The van der Waals surface area contributed by atoms with Gasteiger partial charge < -0.3 is 14.5 Å². The van der Waals surface area contributed by atoms with Crippen LogP contribution in [0.2, 0.25) is 0 Å². The minimum atomic E-state index is -0.0762. The van der Waals surface area contributed by atoms with E-state index in [-0.39, 0.29) is 11.3 Å². The van der Waals surface area contributed by atoms with E-state index in [1.54, 1.807) is 0 Å². The van der Waals surface area contributed by atoms with Crippen LogP contribution in [-0.4, -0.2) is 54.4 Å². The monoisotopic (exact) mass is 410 g/mol. The molecule has 1 aromatic rings. The molecule has 1 aromatic carbocycles. The molecule has 162 valence electrons. The van der Waals surface area contributed by atoms with Crippen molar-refractivity contribution in [1.82, 2.24) is 9.80 Å². The second kappa shape index (κ2) is 7.58. The zero-order valence-corrected chi connectivity index (χ0v) is 18.4. The number of benzene rings is 1. The molecule has 0 atom stereocenters. The minimum absolute atomic E-state index is 0.0584. The second-order valence-corrected chi connectivity index (χ2v) is 10.2. The van der Waals surface area contributed by atoms with Crippen molar-refractivity contribution in [2.45, 2.75) is 52.4 Å². The quantitative estimate of drug-likeness (QED) is 0.757. The van der Waals surface area contributed by atoms with Crippen molar-refractivity contribution >= 4 is 11.8 Å². The molecule has 4 bridgehead atoms. The Kier molecular flexibility index (Phi) is 5.03. The molecule has 6 rings (SSSR count). The van der Waals surface area contributed by atoms with Gasteiger partial charge in [0.1, 0.15) is 5.75 Å². The van der Waals surface area contributed by atoms with E-state index in [1.165, 1.54) is 19.3 Å². The molecular formula is C25H34N2O3. The first-order valence-corrected chi connectivity index (χ1v) is 11.8. The third-order valence-electron chi connectivity index (χ3n) is 8.07. The number of nitrogens with zero attached hydrogens (tertiary/aromatic N) is 2. The molecule has 30 heavy (non-hydrogen) atoms. The van der Waals surface area contributed by atoms with Gasteiger partial charge in [0.05, 0.1) is 12.0 Å². The van der Waals surface area contributed by atoms with Gasteiger partial charge in [0.15, 0.2) is 0 Å². The van der Waals surface area contributed by atoms with Crippen LogP contribution in [0, 0.1) is 30.1 Å². The molecule has 5 heteroatoms. The molecule has 5 nitrogen and oxygen atoms in total. The lowest BCUT2D eigenvalue weighted by atomic mass is 9.49. The lowest BCUT2D eigenvalue weighted by Crippen LogP contribution is -2.58. The summed E-state index contributed by atoms with van der Waals surface area (Å²) in [4.78, 5) is 30.5. The van der Waals surface area contributed by atoms with Gasteiger partial charge in [-0.05, 0) is 93.9 Å². The Morgan fingerprint density at radius 2 is 1.53 bits per heavy atom. The number of ether oxygens (including phenoxy) is 1. The predicted octanol–water partition coefficient (Wildman–Crippen LogP) is 3.89. The largest absolute Gasteiger partial charge is 0.494 e. The van der Waals surface area contributed by atoms with E-state index in [0.29, 0.717) is 44.3 Å². The Labute approximate surface area is 179 Å². The summed E-state index contributed by atoms with van der Waals surface area (Å²) in [5, 5.41) is 0. The van der Waals surface area contributed by atoms with Crippen molar-refractivity contribution in [2.75, 3.05) is 32.8 Å². The summed E-state index contributed by atoms with van der Waals surface area (Å²) in [7, 11) is 0. The molecule has 0 spiro atoms. The van der Waals surface area contributed by atoms with Crippen LogP contribution in [0.4, 0.5) is 0 Å². The van der Waals surface area contributed by atoms with Crippen molar-refractivity contribution in [3.05, 3.63) is 29.3 Å². The van der Waals surface area contributed by atoms with Gasteiger partial charge in [0.2, 0.25) is 5.91 Å². The highest BCUT2D eigenvalue weighted by Crippen LogP contribution is 2.60. The SMILES string of the molecule is CCOc1ccc(C(=O)N2CCN(C(=O)C34CC5CC(CC(C5)C3)C4)CC2)cc1C. The normalized spacial score (nSPS) is 32.4. The first kappa shape index (κ1) is 19.9. The number of carbonyl (C=O) groups is 2. The fourth-order valence-corrected chi connectivity index (χ4v) is 7.10. The van der Waals surface area contributed by atoms with Crippen LogP contribution in [0.3, 0.4) is 0 Å². The maximum absolute atomic E-state index is 13.6. The molecule has 2 amide bonds. The first-order valence-electron chi connectivity index (χ1n) is 11.8. The van der Waals surface area contributed by atoms with Gasteiger partial charge in [-0.3, -0.25) is 9.59 Å². The maximum atomic E-state index is 13.6. The van der Waals surface area contributed by atoms with Crippen LogP contribution in [0.15, 0.2) is 18.2 Å². The number of piperazine rings is 1. The fourth-order valence-electron chi connectivity index (χ4n) is 7.10. The van der Waals surface area contributed by atoms with Crippen molar-refractivity contribution in [3.63, 3.8) is 0 Å². The van der Waals surface area contributed by atoms with Crippen LogP contribution in [0.1, 0.15) is 61.4 Å². The van der Waals surface area contributed by atoms with E-state index in [0.717, 1.165) is 48.3 Å². The lowest BCUT2D eigenvalue weighted by molar-refractivity contribution is -0.159. The summed E-state index contributed by atoms with van der Waals surface area (Å²) in [5.74, 6) is 3.64. The van der Waals surface area contributed by atoms with Crippen molar-refractivity contribution in [3.8, 4) is 5.75 Å². The molecule has 0 unspecified atom stereocenters. The summed E-state index contributed by atoms with van der Waals surface area (Å²) < 4.78 is 5.59. The number of hydrogen-bond donors (Lipinski definition) is 0. The molecule has 0 radical (unpaired) electrons. The van der Waals surface area contributed by atoms with Crippen LogP contribution >= 0.6 is 0 Å². The van der Waals surface area contributed by atoms with Crippen LogP contribution in [0.5, 0.6) is 5.75 Å². The average Bonchev–Trinajstić information content (AvgIpc) is 2.73. The van der Waals surface area contributed by atoms with Crippen LogP contribution in [0.25, 0.3) is 0 Å². The Morgan fingerprint density at radius 1 is 0.967 bits per heavy atom. The zero-order chi connectivity index (χ0) is 20.9. The summed E-state index contributed by atoms with van der Waals surface area (Å²) in [6.07, 6.45) is 7.41. The smallest absolute Gasteiger partial charge is 0.253 e. The van der Waals surface area contributed by atoms with Crippen molar-refractivity contribution < 1.29 is 14.3 Å². The van der Waals surface area contributed by atoms with E-state index >= 15 is 0 Å². The highest BCUT2D eigenvalue weighted by atomic mass is 16.5. The average molecular weight is 411 g/mol. The number of rotatable bonds is 4. The molecule has 0 N–H and O–H groups in total. The van der Waals surface area contributed by atoms with Gasteiger partial charge in [-0.15, -0.1) is 0 Å². The van der Waals surface area contributed by atoms with Crippen molar-refractivity contribution in [2.24, 2.45) is 23.2 Å². The minimum Gasteiger partial charge on any atom is -0.494 e. The molecule has 1 saturated heterocycles. The lowest BCUT2D eigenvalue weighted by Gasteiger charge is -2.57. The topological polar surface area (TPSA) is 49.9 Å². The van der Waals surface area contributed by atoms with Crippen LogP contribution in [-0.2, 0) is 4.79 Å². The standard InChI is InChI=1S/C25H34N2O3/c1-3-30-22-5-4-21(10-17(22)2)23(28)26-6-8-27(9-7-26)24(29)25-14-18-11-19(15-25)13-20(12-18)16-25/h4-5,10,18-20H,3,6-9,11-16H2,1-2H3. The fraction of sp³-hybridized carbons (Fsp3) is 0.680. The Morgan fingerprint density at radius 3 is 2.07 bits per heavy atom. The first-order chi connectivity index (χ1) is 14.5. The van der Waals surface area contributed by atoms with Crippen LogP contribution < -0.4 is 4.74 Å². The summed E-state index contributed by atoms with van der Waals surface area (Å²) in [6.45, 7) is 7.15. The van der Waals surface area contributed by atoms with E-state index in [9.17, 15) is 9.59 Å². The molecule has 5 aliphatic rings. The van der Waals surface area contributed by atoms with Gasteiger partial charge >= 0.3 is 0 Å². The molecule has 5 fully saturated rings. The Balaban J connectivity index is 1.22. The summed E-state index contributed by atoms with van der Waals surface area (Å²) in [6, 6.07) is 5.66. The number of carbonyl (C=O) groups excluding carboxylic acids is 2. The van der Waals surface area contributed by atoms with E-state index in [1.807, 2.05) is 36.9 Å². The van der Waals surface area contributed by atoms with E-state index in [2.05, 4.69) is 4.90 Å². The van der Waals surface area contributed by atoms with Gasteiger partial charge in [-0.2, -0.15) is 0 Å². The van der Waals surface area contributed by atoms with Gasteiger partial charge in [0.25, 0.3) is 5.91 Å². The van der Waals surface area contributed by atoms with Gasteiger partial charge in [0, 0.05) is 31.7 Å². The van der Waals surface area contributed by atoms with E-state index < -0.39 is 0 Å². The molecule has 4 saturated carbocycles. The van der Waals surface area contributed by atoms with E-state index in [4.69, 9.17) is 4.74 Å². The van der Waals surface area contributed by atoms with Gasteiger partial charge in [-0.25, -0.2) is 0 Å². The second-order valence-electron chi connectivity index (χ2n) is 10.2. The zero-order valence-electron chi connectivity index (χ0n) is 18.4. The summed E-state index contributed by atoms with van der Waals surface area (Å²) >= 11 is 0. The Hall–Kier alpha value is -2.04. The molecular weight excluding hydrogens is 376 g/mol.